The Bertz CT molecular complexity index is 454. The zero-order valence-corrected chi connectivity index (χ0v) is 12.2. The summed E-state index contributed by atoms with van der Waals surface area (Å²) in [6, 6.07) is -0.640. The van der Waals surface area contributed by atoms with E-state index in [-0.39, 0.29) is 11.7 Å². The van der Waals surface area contributed by atoms with E-state index in [1.807, 2.05) is 20.8 Å². The summed E-state index contributed by atoms with van der Waals surface area (Å²) in [6.45, 7) is 6.45. The number of halogens is 1. The van der Waals surface area contributed by atoms with Crippen LogP contribution in [-0.4, -0.2) is 35.6 Å². The van der Waals surface area contributed by atoms with Gasteiger partial charge in [-0.3, -0.25) is 0 Å². The Balaban J connectivity index is 2.91. The predicted octanol–water partition coefficient (Wildman–Crippen LogP) is 2.05. The molecular weight excluding hydrogens is 263 g/mol. The highest BCUT2D eigenvalue weighted by atomic mass is 19.1. The largest absolute Gasteiger partial charge is 0.467 e. The molecule has 0 saturated heterocycles. The number of nitrogens with zero attached hydrogens (tertiary/aromatic N) is 2. The third kappa shape index (κ3) is 4.64. The zero-order valence-electron chi connectivity index (χ0n) is 12.2. The molecule has 0 amide bonds. The highest BCUT2D eigenvalue weighted by Crippen LogP contribution is 2.16. The van der Waals surface area contributed by atoms with Gasteiger partial charge in [-0.2, -0.15) is 4.98 Å². The van der Waals surface area contributed by atoms with Crippen LogP contribution in [0.1, 0.15) is 27.2 Å². The number of methoxy groups -OCH3 is 1. The van der Waals surface area contributed by atoms with Gasteiger partial charge in [0.25, 0.3) is 0 Å². The fourth-order valence-corrected chi connectivity index (χ4v) is 1.70. The summed E-state index contributed by atoms with van der Waals surface area (Å²) in [7, 11) is 1.30. The Labute approximate surface area is 118 Å². The molecule has 0 radical (unpaired) electrons. The molecular formula is C13H21FN4O2. The molecule has 112 valence electrons. The van der Waals surface area contributed by atoms with Gasteiger partial charge in [0.2, 0.25) is 5.95 Å². The van der Waals surface area contributed by atoms with E-state index in [0.29, 0.717) is 18.9 Å². The molecule has 2 N–H and O–H groups in total. The second-order valence-corrected chi connectivity index (χ2v) is 4.77. The molecule has 1 aromatic heterocycles. The molecule has 1 atom stereocenters. The molecule has 0 aromatic carbocycles. The van der Waals surface area contributed by atoms with Crippen LogP contribution in [0.2, 0.25) is 0 Å². The van der Waals surface area contributed by atoms with Crippen LogP contribution < -0.4 is 10.6 Å². The van der Waals surface area contributed by atoms with Crippen molar-refractivity contribution in [3.8, 4) is 0 Å². The molecule has 0 fully saturated rings. The van der Waals surface area contributed by atoms with Crippen molar-refractivity contribution >= 4 is 17.7 Å². The van der Waals surface area contributed by atoms with Gasteiger partial charge >= 0.3 is 5.97 Å². The van der Waals surface area contributed by atoms with Gasteiger partial charge in [0.15, 0.2) is 11.6 Å². The van der Waals surface area contributed by atoms with Gasteiger partial charge in [-0.1, -0.05) is 13.8 Å². The Hall–Kier alpha value is -1.92. The Morgan fingerprint density at radius 3 is 2.75 bits per heavy atom. The van der Waals surface area contributed by atoms with Gasteiger partial charge in [-0.05, 0) is 19.3 Å². The summed E-state index contributed by atoms with van der Waals surface area (Å²) in [5.74, 6) is -0.493. The minimum atomic E-state index is -0.640. The zero-order chi connectivity index (χ0) is 15.1. The fraction of sp³-hybridized carbons (Fsp3) is 0.615. The number of aromatic nitrogens is 2. The highest BCUT2D eigenvalue weighted by molar-refractivity contribution is 5.78. The SMILES string of the molecule is CCNc1ncc(F)c(NC(CC(C)C)C(=O)OC)n1. The third-order valence-corrected chi connectivity index (χ3v) is 2.58. The summed E-state index contributed by atoms with van der Waals surface area (Å²) < 4.78 is 18.4. The molecule has 0 aliphatic heterocycles. The fourth-order valence-electron chi connectivity index (χ4n) is 1.70. The van der Waals surface area contributed by atoms with E-state index in [1.165, 1.54) is 7.11 Å². The topological polar surface area (TPSA) is 76.1 Å². The van der Waals surface area contributed by atoms with Gasteiger partial charge in [0.05, 0.1) is 13.3 Å². The van der Waals surface area contributed by atoms with E-state index in [4.69, 9.17) is 4.74 Å². The normalized spacial score (nSPS) is 12.1. The summed E-state index contributed by atoms with van der Waals surface area (Å²) >= 11 is 0. The van der Waals surface area contributed by atoms with E-state index in [9.17, 15) is 9.18 Å². The number of ether oxygens (including phenoxy) is 1. The Morgan fingerprint density at radius 1 is 1.50 bits per heavy atom. The van der Waals surface area contributed by atoms with Crippen LogP contribution >= 0.6 is 0 Å². The molecule has 0 saturated carbocycles. The molecule has 7 heteroatoms. The van der Waals surface area contributed by atoms with Crippen molar-refractivity contribution in [3.05, 3.63) is 12.0 Å². The van der Waals surface area contributed by atoms with Crippen LogP contribution in [0.3, 0.4) is 0 Å². The molecule has 6 nitrogen and oxygen atoms in total. The van der Waals surface area contributed by atoms with Crippen LogP contribution in [0.25, 0.3) is 0 Å². The average molecular weight is 284 g/mol. The number of esters is 1. The molecule has 0 aliphatic carbocycles. The molecule has 0 bridgehead atoms. The molecule has 1 unspecified atom stereocenters. The first-order valence-corrected chi connectivity index (χ1v) is 6.58. The smallest absolute Gasteiger partial charge is 0.328 e. The number of carbonyl (C=O) groups excluding carboxylic acids is 1. The Morgan fingerprint density at radius 2 is 2.20 bits per heavy atom. The summed E-state index contributed by atoms with van der Waals surface area (Å²) in [5, 5.41) is 5.67. The lowest BCUT2D eigenvalue weighted by Gasteiger charge is -2.19. The van der Waals surface area contributed by atoms with Gasteiger partial charge in [-0.15, -0.1) is 0 Å². The van der Waals surface area contributed by atoms with Gasteiger partial charge in [0.1, 0.15) is 6.04 Å². The summed E-state index contributed by atoms with van der Waals surface area (Å²) in [5.41, 5.74) is 0. The van der Waals surface area contributed by atoms with E-state index in [0.717, 1.165) is 6.20 Å². The summed E-state index contributed by atoms with van der Waals surface area (Å²) in [4.78, 5) is 19.5. The van der Waals surface area contributed by atoms with Crippen molar-refractivity contribution in [2.75, 3.05) is 24.3 Å². The minimum Gasteiger partial charge on any atom is -0.467 e. The Kier molecular flexibility index (Phi) is 6.14. The summed E-state index contributed by atoms with van der Waals surface area (Å²) in [6.07, 6.45) is 1.59. The standard InChI is InChI=1S/C13H21FN4O2/c1-5-15-13-16-7-9(14)11(18-13)17-10(6-8(2)3)12(19)20-4/h7-8,10H,5-6H2,1-4H3,(H2,15,16,17,18). The first-order valence-electron chi connectivity index (χ1n) is 6.58. The molecule has 1 heterocycles. The lowest BCUT2D eigenvalue weighted by molar-refractivity contribution is -0.141. The maximum Gasteiger partial charge on any atom is 0.328 e. The molecule has 0 spiro atoms. The van der Waals surface area contributed by atoms with Crippen LogP contribution in [0.15, 0.2) is 6.20 Å². The number of rotatable bonds is 7. The number of hydrogen-bond acceptors (Lipinski definition) is 6. The lowest BCUT2D eigenvalue weighted by atomic mass is 10.0. The van der Waals surface area contributed by atoms with Crippen LogP contribution in [0, 0.1) is 11.7 Å². The number of carbonyl (C=O) groups is 1. The third-order valence-electron chi connectivity index (χ3n) is 2.58. The van der Waals surface area contributed by atoms with Crippen molar-refractivity contribution in [3.63, 3.8) is 0 Å². The van der Waals surface area contributed by atoms with Crippen LogP contribution in [0.5, 0.6) is 0 Å². The van der Waals surface area contributed by atoms with E-state index < -0.39 is 17.8 Å². The second-order valence-electron chi connectivity index (χ2n) is 4.77. The number of hydrogen-bond donors (Lipinski definition) is 2. The number of nitrogens with one attached hydrogen (secondary N) is 2. The quantitative estimate of drug-likeness (QED) is 0.746. The second kappa shape index (κ2) is 7.62. The highest BCUT2D eigenvalue weighted by Gasteiger charge is 2.22. The van der Waals surface area contributed by atoms with Crippen molar-refractivity contribution in [1.82, 2.24) is 9.97 Å². The maximum atomic E-state index is 13.7. The van der Waals surface area contributed by atoms with Crippen LogP contribution in [0.4, 0.5) is 16.2 Å². The predicted molar refractivity (Wildman–Crippen MR) is 75.0 cm³/mol. The maximum absolute atomic E-state index is 13.7. The van der Waals surface area contributed by atoms with Crippen molar-refractivity contribution in [2.24, 2.45) is 5.92 Å². The first kappa shape index (κ1) is 16.1. The lowest BCUT2D eigenvalue weighted by Crippen LogP contribution is -2.33. The molecule has 1 rings (SSSR count). The van der Waals surface area contributed by atoms with Crippen molar-refractivity contribution in [2.45, 2.75) is 33.2 Å². The minimum absolute atomic E-state index is 0.00741. The van der Waals surface area contributed by atoms with Crippen molar-refractivity contribution in [1.29, 1.82) is 0 Å². The average Bonchev–Trinajstić information content (AvgIpc) is 2.40. The molecule has 1 aromatic rings. The number of anilines is 2. The first-order chi connectivity index (χ1) is 9.47. The van der Waals surface area contributed by atoms with Gasteiger partial charge in [0, 0.05) is 6.54 Å². The van der Waals surface area contributed by atoms with E-state index in [2.05, 4.69) is 20.6 Å². The molecule has 0 aliphatic rings. The molecule has 20 heavy (non-hydrogen) atoms. The van der Waals surface area contributed by atoms with E-state index in [1.54, 1.807) is 0 Å². The van der Waals surface area contributed by atoms with Gasteiger partial charge in [-0.25, -0.2) is 14.2 Å². The van der Waals surface area contributed by atoms with Crippen molar-refractivity contribution < 1.29 is 13.9 Å². The van der Waals surface area contributed by atoms with Crippen LogP contribution in [-0.2, 0) is 9.53 Å². The van der Waals surface area contributed by atoms with E-state index >= 15 is 0 Å². The van der Waals surface area contributed by atoms with Gasteiger partial charge < -0.3 is 15.4 Å². The monoisotopic (exact) mass is 284 g/mol.